The smallest absolute Gasteiger partial charge is 0.313 e. The highest BCUT2D eigenvalue weighted by Crippen LogP contribution is 1.63. The molecule has 0 unspecified atom stereocenters. The molecule has 0 aromatic heterocycles. The Morgan fingerprint density at radius 3 is 3.38 bits per heavy atom. The maximum Gasteiger partial charge on any atom is 0.313 e. The molecule has 5 heteroatoms. The third kappa shape index (κ3) is 4.87. The second-order valence-corrected chi connectivity index (χ2v) is 1.01. The van der Waals surface area contributed by atoms with Crippen molar-refractivity contribution in [3.8, 4) is 0 Å². The van der Waals surface area contributed by atoms with Crippen molar-refractivity contribution in [3.63, 3.8) is 0 Å². The molecule has 0 heterocycles. The summed E-state index contributed by atoms with van der Waals surface area (Å²) in [7, 11) is 1.50. The van der Waals surface area contributed by atoms with Gasteiger partial charge in [0.15, 0.2) is 1.41 Å². The summed E-state index contributed by atoms with van der Waals surface area (Å²) in [4.78, 5) is 10.2. The van der Waals surface area contributed by atoms with E-state index < -0.39 is 6.03 Å². The van der Waals surface area contributed by atoms with E-state index in [9.17, 15) is 4.79 Å². The Morgan fingerprint density at radius 2 is 2.88 bits per heavy atom. The van der Waals surface area contributed by atoms with Crippen LogP contribution >= 0.6 is 0 Å². The van der Waals surface area contributed by atoms with Crippen LogP contribution in [0.15, 0.2) is 10.2 Å². The first-order chi connectivity index (χ1) is 4.31. The fourth-order valence-electron chi connectivity index (χ4n) is 0.178. The largest absolute Gasteiger partial charge is 0.352 e. The Balaban J connectivity index is 3.17. The molecule has 0 aromatic carbocycles. The van der Waals surface area contributed by atoms with Crippen LogP contribution in [-0.2, 0) is 0 Å². The maximum absolute atomic E-state index is 10.2. The van der Waals surface area contributed by atoms with Crippen LogP contribution < -0.4 is 11.0 Å². The molecule has 0 aromatic rings. The Morgan fingerprint density at radius 1 is 2.12 bits per heavy atom. The van der Waals surface area contributed by atoms with E-state index in [1.165, 1.54) is 7.05 Å². The van der Waals surface area contributed by atoms with Crippen LogP contribution in [0.3, 0.4) is 0 Å². The number of rotatable bonds is 2. The molecule has 0 bridgehead atoms. The van der Waals surface area contributed by atoms with Crippen LogP contribution in [-0.4, -0.2) is 19.7 Å². The number of nitrogens with zero attached hydrogens (tertiary/aromatic N) is 2. The van der Waals surface area contributed by atoms with E-state index in [0.717, 1.165) is 0 Å². The first-order valence-electron chi connectivity index (χ1n) is 2.52. The van der Waals surface area contributed by atoms with E-state index in [1.807, 2.05) is 0 Å². The van der Waals surface area contributed by atoms with Gasteiger partial charge < -0.3 is 11.0 Å². The van der Waals surface area contributed by atoms with Crippen molar-refractivity contribution < 1.29 is 6.21 Å². The summed E-state index contributed by atoms with van der Waals surface area (Å²) >= 11 is 0. The van der Waals surface area contributed by atoms with Gasteiger partial charge in [-0.1, -0.05) is 0 Å². The zero-order chi connectivity index (χ0) is 7.11. The molecule has 0 rings (SSSR count). The van der Waals surface area contributed by atoms with Crippen molar-refractivity contribution in [2.45, 2.75) is 0 Å². The van der Waals surface area contributed by atoms with Crippen LogP contribution in [0.1, 0.15) is 0 Å². The minimum absolute atomic E-state index is 0.112. The number of primary amides is 1. The minimum Gasteiger partial charge on any atom is -0.352 e. The predicted octanol–water partition coefficient (Wildman–Crippen LogP) is -0.306. The number of azo groups is 1. The zero-order valence-electron chi connectivity index (χ0n) is 5.51. The molecule has 0 spiro atoms. The lowest BCUT2D eigenvalue weighted by atomic mass is 11.0. The highest BCUT2D eigenvalue weighted by Gasteiger charge is 1.83. The van der Waals surface area contributed by atoms with Gasteiger partial charge in [0.1, 0.15) is 6.67 Å². The van der Waals surface area contributed by atoms with Crippen molar-refractivity contribution in [2.75, 3.05) is 13.7 Å². The number of urea groups is 1. The topological polar surface area (TPSA) is 79.8 Å². The van der Waals surface area contributed by atoms with Crippen molar-refractivity contribution in [3.05, 3.63) is 0 Å². The van der Waals surface area contributed by atoms with Gasteiger partial charge in [-0.3, -0.25) is 0 Å². The average Bonchev–Trinajstić information content (AvgIpc) is 1.89. The summed E-state index contributed by atoms with van der Waals surface area (Å²) in [6, 6.07) is -0.581. The van der Waals surface area contributed by atoms with Gasteiger partial charge in [-0.05, 0) is 0 Å². The Hall–Kier alpha value is -1.13. The highest BCUT2D eigenvalue weighted by molar-refractivity contribution is 5.71. The number of nitrogens with two attached hydrogens (primary N) is 1. The Bertz CT molecular complexity index is 114. The van der Waals surface area contributed by atoms with Crippen LogP contribution in [0.4, 0.5) is 4.79 Å². The molecule has 0 radical (unpaired) electrons. The van der Waals surface area contributed by atoms with Crippen LogP contribution in [0.5, 0.6) is 0 Å². The summed E-state index contributed by atoms with van der Waals surface area (Å²) in [5.74, 6) is 0. The number of nitrogens with one attached hydrogen (secondary N) is 1. The van der Waals surface area contributed by atoms with Crippen molar-refractivity contribution >= 4 is 6.03 Å². The number of amides is 2. The number of carbonyl (C=O) groups excluding carboxylic acids is 1. The molecule has 0 atom stereocenters. The van der Waals surface area contributed by atoms with Gasteiger partial charge in [-0.2, -0.15) is 10.2 Å². The van der Waals surface area contributed by atoms with Crippen molar-refractivity contribution in [2.24, 2.45) is 16.0 Å². The molecule has 0 saturated carbocycles. The highest BCUT2D eigenvalue weighted by atomic mass is 16.2. The first-order valence-corrected chi connectivity index (χ1v) is 2.02. The molecule has 5 nitrogen and oxygen atoms in total. The average molecular weight is 117 g/mol. The van der Waals surface area contributed by atoms with E-state index >= 15 is 0 Å². The molecule has 46 valence electrons. The van der Waals surface area contributed by atoms with Gasteiger partial charge in [0.25, 0.3) is 0 Å². The Kier molecular flexibility index (Phi) is 2.53. The summed E-state index contributed by atoms with van der Waals surface area (Å²) in [5, 5.41) is 9.03. The van der Waals surface area contributed by atoms with Crippen LogP contribution in [0, 0.1) is 0 Å². The molecule has 0 aliphatic rings. The first kappa shape index (κ1) is 5.02. The SMILES string of the molecule is [2H]NC(=O)NCN=NC. The molecular formula is C3H8N4O. The summed E-state index contributed by atoms with van der Waals surface area (Å²) in [6.45, 7) is 0.112. The summed E-state index contributed by atoms with van der Waals surface area (Å²) in [5.41, 5.74) is 1.62. The van der Waals surface area contributed by atoms with E-state index in [-0.39, 0.29) is 6.67 Å². The lowest BCUT2D eigenvalue weighted by molar-refractivity contribution is 0.249. The molecule has 3 N–H and O–H groups in total. The second kappa shape index (κ2) is 4.04. The lowest BCUT2D eigenvalue weighted by Gasteiger charge is -1.90. The zero-order valence-corrected chi connectivity index (χ0v) is 4.51. The minimum atomic E-state index is -0.581. The standard InChI is InChI=1S/C3H8N4O/c1-5-7-2-6-3(4)8/h2H2,1H3,(H3,4,6,8)/i/hD. The quantitative estimate of drug-likeness (QED) is 0.478. The van der Waals surface area contributed by atoms with Gasteiger partial charge in [-0.25, -0.2) is 4.79 Å². The van der Waals surface area contributed by atoms with E-state index in [2.05, 4.69) is 15.5 Å². The van der Waals surface area contributed by atoms with Crippen LogP contribution in [0.2, 0.25) is 1.41 Å². The molecule has 0 aliphatic heterocycles. The van der Waals surface area contributed by atoms with Gasteiger partial charge in [-0.15, -0.1) is 0 Å². The molecule has 2 amide bonds. The van der Waals surface area contributed by atoms with Gasteiger partial charge in [0.05, 0.1) is 0 Å². The second-order valence-electron chi connectivity index (χ2n) is 1.01. The fourth-order valence-corrected chi connectivity index (χ4v) is 0.178. The third-order valence-electron chi connectivity index (χ3n) is 0.452. The molecule has 0 aliphatic carbocycles. The van der Waals surface area contributed by atoms with Crippen molar-refractivity contribution in [1.82, 2.24) is 5.32 Å². The van der Waals surface area contributed by atoms with Gasteiger partial charge >= 0.3 is 6.03 Å². The third-order valence-corrected chi connectivity index (χ3v) is 0.452. The molecule has 0 saturated heterocycles. The fraction of sp³-hybridized carbons (Fsp3) is 0.667. The number of hydrogen-bond donors (Lipinski definition) is 2. The van der Waals surface area contributed by atoms with Gasteiger partial charge in [0, 0.05) is 7.05 Å². The lowest BCUT2D eigenvalue weighted by Crippen LogP contribution is -2.29. The summed E-state index contributed by atoms with van der Waals surface area (Å²) < 4.78 is 6.31. The predicted molar refractivity (Wildman–Crippen MR) is 28.4 cm³/mol. The van der Waals surface area contributed by atoms with E-state index in [1.54, 1.807) is 5.73 Å². The maximum atomic E-state index is 10.2. The number of carbonyl (C=O) groups is 1. The molecule has 0 fully saturated rings. The number of hydrogen-bond acceptors (Lipinski definition) is 3. The van der Waals surface area contributed by atoms with E-state index in [0.29, 0.717) is 0 Å². The molecular weight excluding hydrogens is 108 g/mol. The normalized spacial score (nSPS) is 10.9. The molecule has 8 heavy (non-hydrogen) atoms. The summed E-state index contributed by atoms with van der Waals surface area (Å²) in [6.07, 6.45) is 0. The van der Waals surface area contributed by atoms with Crippen molar-refractivity contribution in [1.29, 1.82) is 0 Å². The van der Waals surface area contributed by atoms with E-state index in [4.69, 9.17) is 1.41 Å². The Labute approximate surface area is 48.4 Å². The monoisotopic (exact) mass is 117 g/mol. The van der Waals surface area contributed by atoms with Gasteiger partial charge in [0.2, 0.25) is 0 Å². The van der Waals surface area contributed by atoms with Crippen LogP contribution in [0.25, 0.3) is 0 Å².